The molecule has 5 aromatic rings. The first kappa shape index (κ1) is 16.4. The van der Waals surface area contributed by atoms with E-state index in [1.54, 1.807) is 18.9 Å². The van der Waals surface area contributed by atoms with Gasteiger partial charge >= 0.3 is 0 Å². The van der Waals surface area contributed by atoms with Gasteiger partial charge in [-0.15, -0.1) is 0 Å². The molecular weight excluding hydrogens is 384 g/mol. The molecule has 0 bridgehead atoms. The third kappa shape index (κ3) is 2.64. The van der Waals surface area contributed by atoms with Gasteiger partial charge in [0.25, 0.3) is 0 Å². The number of nitrogens with zero attached hydrogens (tertiary/aromatic N) is 6. The Balaban J connectivity index is 1.52. The highest BCUT2D eigenvalue weighted by Gasteiger charge is 2.23. The van der Waals surface area contributed by atoms with Gasteiger partial charge < -0.3 is 4.90 Å². The fourth-order valence-electron chi connectivity index (χ4n) is 3.98. The number of hydrogen-bond donors (Lipinski definition) is 0. The third-order valence-electron chi connectivity index (χ3n) is 5.41. The largest absolute Gasteiger partial charge is 0.325 e. The molecule has 140 valence electrons. The number of anilines is 2. The normalized spacial score (nSPS) is 13.3. The summed E-state index contributed by atoms with van der Waals surface area (Å²) < 4.78 is 1.92. The van der Waals surface area contributed by atoms with Crippen molar-refractivity contribution < 1.29 is 0 Å². The van der Waals surface area contributed by atoms with Crippen LogP contribution in [-0.4, -0.2) is 30.9 Å². The van der Waals surface area contributed by atoms with Crippen LogP contribution in [0.2, 0.25) is 5.02 Å². The molecule has 1 aliphatic rings. The topological polar surface area (TPSA) is 59.2 Å². The predicted molar refractivity (Wildman–Crippen MR) is 114 cm³/mol. The van der Waals surface area contributed by atoms with Crippen molar-refractivity contribution in [1.29, 1.82) is 0 Å². The summed E-state index contributed by atoms with van der Waals surface area (Å²) in [5.41, 5.74) is 6.20. The first-order valence-electron chi connectivity index (χ1n) is 9.35. The number of hydrogen-bond acceptors (Lipinski definition) is 5. The number of imidazole rings is 1. The summed E-state index contributed by atoms with van der Waals surface area (Å²) in [7, 11) is 0. The zero-order valence-electron chi connectivity index (χ0n) is 15.3. The molecule has 6 nitrogen and oxygen atoms in total. The number of rotatable bonds is 2. The van der Waals surface area contributed by atoms with Gasteiger partial charge in [0.15, 0.2) is 5.65 Å². The molecule has 0 radical (unpaired) electrons. The summed E-state index contributed by atoms with van der Waals surface area (Å²) in [5.74, 6) is 0.898. The van der Waals surface area contributed by atoms with Gasteiger partial charge in [-0.25, -0.2) is 19.9 Å². The molecule has 0 saturated carbocycles. The van der Waals surface area contributed by atoms with Crippen molar-refractivity contribution in [2.24, 2.45) is 0 Å². The molecule has 0 N–H and O–H groups in total. The maximum Gasteiger partial charge on any atom is 0.156 e. The standard InChI is InChI=1S/C22H15ClN6/c23-17-3-1-14-5-6-29(20(14)8-17)22-18-7-15(2-4-19(18)26-12-27-22)16-9-25-21-10-24-13-28(21)11-16/h1-4,7-13H,5-6H2. The summed E-state index contributed by atoms with van der Waals surface area (Å²) >= 11 is 6.26. The molecule has 0 amide bonds. The highest BCUT2D eigenvalue weighted by Crippen LogP contribution is 2.38. The van der Waals surface area contributed by atoms with Crippen LogP contribution in [0.5, 0.6) is 0 Å². The van der Waals surface area contributed by atoms with Crippen LogP contribution < -0.4 is 4.90 Å². The van der Waals surface area contributed by atoms with E-state index >= 15 is 0 Å². The van der Waals surface area contributed by atoms with Gasteiger partial charge in [-0.05, 0) is 41.8 Å². The van der Waals surface area contributed by atoms with Crippen LogP contribution in [0.4, 0.5) is 11.5 Å². The van der Waals surface area contributed by atoms with E-state index < -0.39 is 0 Å². The molecule has 7 heteroatoms. The lowest BCUT2D eigenvalue weighted by atomic mass is 10.1. The molecule has 2 aromatic carbocycles. The van der Waals surface area contributed by atoms with Gasteiger partial charge in [0.05, 0.1) is 11.7 Å². The second-order valence-corrected chi connectivity index (χ2v) is 7.54. The second kappa shape index (κ2) is 6.25. The van der Waals surface area contributed by atoms with Crippen molar-refractivity contribution in [3.05, 3.63) is 78.2 Å². The molecule has 3 aromatic heterocycles. The Morgan fingerprint density at radius 3 is 2.86 bits per heavy atom. The summed E-state index contributed by atoms with van der Waals surface area (Å²) in [6.07, 6.45) is 9.99. The Hall–Kier alpha value is -3.51. The van der Waals surface area contributed by atoms with Crippen molar-refractivity contribution in [1.82, 2.24) is 24.3 Å². The molecule has 0 saturated heterocycles. The average molecular weight is 399 g/mol. The second-order valence-electron chi connectivity index (χ2n) is 7.11. The first-order chi connectivity index (χ1) is 14.3. The summed E-state index contributed by atoms with van der Waals surface area (Å²) in [4.78, 5) is 20.0. The predicted octanol–water partition coefficient (Wildman–Crippen LogP) is 4.69. The monoisotopic (exact) mass is 398 g/mol. The molecule has 0 unspecified atom stereocenters. The summed E-state index contributed by atoms with van der Waals surface area (Å²) in [6.45, 7) is 0.870. The van der Waals surface area contributed by atoms with E-state index in [9.17, 15) is 0 Å². The van der Waals surface area contributed by atoms with Crippen LogP contribution in [0.1, 0.15) is 5.56 Å². The lowest BCUT2D eigenvalue weighted by Crippen LogP contribution is -2.15. The Kier molecular flexibility index (Phi) is 3.55. The Labute approximate surface area is 171 Å². The highest BCUT2D eigenvalue weighted by molar-refractivity contribution is 6.31. The van der Waals surface area contributed by atoms with E-state index in [2.05, 4.69) is 43.0 Å². The van der Waals surface area contributed by atoms with Gasteiger partial charge in [0.1, 0.15) is 18.5 Å². The molecule has 0 atom stereocenters. The smallest absolute Gasteiger partial charge is 0.156 e. The maximum absolute atomic E-state index is 6.26. The van der Waals surface area contributed by atoms with Gasteiger partial charge in [-0.3, -0.25) is 4.40 Å². The number of fused-ring (bicyclic) bond motifs is 3. The SMILES string of the molecule is Clc1ccc2c(c1)N(c1ncnc3ccc(-c4cnc5cncn5c4)cc13)CC2. The molecule has 0 fully saturated rings. The van der Waals surface area contributed by atoms with Crippen LogP contribution in [0.15, 0.2) is 67.6 Å². The lowest BCUT2D eigenvalue weighted by Gasteiger charge is -2.20. The molecule has 0 spiro atoms. The quantitative estimate of drug-likeness (QED) is 0.432. The minimum atomic E-state index is 0.731. The minimum Gasteiger partial charge on any atom is -0.325 e. The fraction of sp³-hybridized carbons (Fsp3) is 0.0909. The summed E-state index contributed by atoms with van der Waals surface area (Å²) in [5, 5.41) is 1.73. The summed E-state index contributed by atoms with van der Waals surface area (Å²) in [6, 6.07) is 12.3. The van der Waals surface area contributed by atoms with E-state index in [1.807, 2.05) is 35.0 Å². The van der Waals surface area contributed by atoms with E-state index in [1.165, 1.54) is 5.56 Å². The molecular formula is C22H15ClN6. The fourth-order valence-corrected chi connectivity index (χ4v) is 4.14. The highest BCUT2D eigenvalue weighted by atomic mass is 35.5. The van der Waals surface area contributed by atoms with Crippen LogP contribution in [-0.2, 0) is 6.42 Å². The van der Waals surface area contributed by atoms with Gasteiger partial charge in [-0.1, -0.05) is 23.7 Å². The Morgan fingerprint density at radius 1 is 0.931 bits per heavy atom. The van der Waals surface area contributed by atoms with E-state index in [0.29, 0.717) is 0 Å². The van der Waals surface area contributed by atoms with Crippen LogP contribution in [0.25, 0.3) is 27.7 Å². The van der Waals surface area contributed by atoms with Crippen molar-refractivity contribution >= 4 is 39.7 Å². The van der Waals surface area contributed by atoms with Crippen LogP contribution >= 0.6 is 11.6 Å². The molecule has 0 aliphatic carbocycles. The van der Waals surface area contributed by atoms with Crippen LogP contribution in [0.3, 0.4) is 0 Å². The molecule has 4 heterocycles. The number of aromatic nitrogens is 5. The molecule has 29 heavy (non-hydrogen) atoms. The van der Waals surface area contributed by atoms with E-state index in [0.717, 1.165) is 57.2 Å². The number of halogens is 1. The van der Waals surface area contributed by atoms with Crippen molar-refractivity contribution in [2.45, 2.75) is 6.42 Å². The van der Waals surface area contributed by atoms with E-state index in [-0.39, 0.29) is 0 Å². The Morgan fingerprint density at radius 2 is 1.90 bits per heavy atom. The van der Waals surface area contributed by atoms with Crippen molar-refractivity contribution in [3.8, 4) is 11.1 Å². The van der Waals surface area contributed by atoms with Gasteiger partial charge in [0.2, 0.25) is 0 Å². The van der Waals surface area contributed by atoms with Gasteiger partial charge in [0, 0.05) is 40.6 Å². The third-order valence-corrected chi connectivity index (χ3v) is 5.64. The minimum absolute atomic E-state index is 0.731. The van der Waals surface area contributed by atoms with Gasteiger partial charge in [-0.2, -0.15) is 0 Å². The van der Waals surface area contributed by atoms with Crippen molar-refractivity contribution in [3.63, 3.8) is 0 Å². The van der Waals surface area contributed by atoms with E-state index in [4.69, 9.17) is 11.6 Å². The lowest BCUT2D eigenvalue weighted by molar-refractivity contribution is 0.975. The molecule has 1 aliphatic heterocycles. The Bertz CT molecular complexity index is 1390. The van der Waals surface area contributed by atoms with Crippen LogP contribution in [0, 0.1) is 0 Å². The zero-order valence-corrected chi connectivity index (χ0v) is 16.1. The van der Waals surface area contributed by atoms with Crippen molar-refractivity contribution in [2.75, 3.05) is 11.4 Å². The molecule has 6 rings (SSSR count). The number of benzene rings is 2. The maximum atomic E-state index is 6.26. The first-order valence-corrected chi connectivity index (χ1v) is 9.73. The zero-order chi connectivity index (χ0) is 19.4. The average Bonchev–Trinajstić information content (AvgIpc) is 3.39.